The van der Waals surface area contributed by atoms with E-state index in [0.717, 1.165) is 0 Å². The molecule has 0 spiro atoms. The molecule has 10 heteroatoms. The molecule has 1 aliphatic rings. The van der Waals surface area contributed by atoms with Crippen molar-refractivity contribution in [2.45, 2.75) is 61.6 Å². The minimum Gasteiger partial charge on any atom is -0.487 e. The lowest BCUT2D eigenvalue weighted by atomic mass is 9.99. The maximum absolute atomic E-state index is 14.3. The van der Waals surface area contributed by atoms with Crippen LogP contribution in [0.15, 0.2) is 42.5 Å². The van der Waals surface area contributed by atoms with Crippen LogP contribution in [0.3, 0.4) is 0 Å². The third-order valence-corrected chi connectivity index (χ3v) is 9.20. The highest BCUT2D eigenvalue weighted by molar-refractivity contribution is 7.62. The molecule has 0 N–H and O–H groups in total. The second-order valence-corrected chi connectivity index (χ2v) is 15.0. The van der Waals surface area contributed by atoms with Crippen LogP contribution >= 0.6 is 7.52 Å². The number of ether oxygens (including phenoxy) is 6. The molecule has 1 atom stereocenters. The molecule has 0 aromatic heterocycles. The van der Waals surface area contributed by atoms with Gasteiger partial charge in [0.2, 0.25) is 0 Å². The molecule has 0 saturated carbocycles. The van der Waals surface area contributed by atoms with E-state index < -0.39 is 12.7 Å². The molecule has 0 fully saturated rings. The highest BCUT2D eigenvalue weighted by atomic mass is 31.2. The first kappa shape index (κ1) is 37.6. The summed E-state index contributed by atoms with van der Waals surface area (Å²) in [6.07, 6.45) is 0. The highest BCUT2D eigenvalue weighted by Gasteiger charge is 2.43. The van der Waals surface area contributed by atoms with Crippen LogP contribution in [-0.2, 0) is 18.6 Å². The van der Waals surface area contributed by atoms with Gasteiger partial charge in [0.1, 0.15) is 26.4 Å². The summed E-state index contributed by atoms with van der Waals surface area (Å²) in [5.41, 5.74) is 0.577. The Balaban J connectivity index is 0.00000441. The number of nitrogens with zero attached hydrogens (tertiary/aromatic N) is 1. The van der Waals surface area contributed by atoms with Crippen LogP contribution in [-0.4, -0.2) is 71.7 Å². The maximum Gasteiger partial charge on any atom is 0.301 e. The normalized spacial score (nSPS) is 16.8. The van der Waals surface area contributed by atoms with Gasteiger partial charge in [-0.25, -0.2) is 0 Å². The van der Waals surface area contributed by atoms with Gasteiger partial charge in [0.15, 0.2) is 23.0 Å². The molecule has 2 aromatic carbocycles. The standard InChI is InChI=1S/C30H46NO8P.2CH4/c1-29(2,3)23-39-40(32,30(4,5)6)31(7)24-12-13-27-28(22-24)38-21-17-34-15-19-36-26-11-9-8-10-25(26)35-18-14-33-16-20-37-27;;/h8-13,22H,14-21,23H2,1-7H3;2*1H4. The average Bonchev–Trinajstić information content (AvgIpc) is 2.89. The topological polar surface area (TPSA) is 84.9 Å². The predicted octanol–water partition coefficient (Wildman–Crippen LogP) is 7.71. The molecule has 3 rings (SSSR count). The zero-order valence-electron chi connectivity index (χ0n) is 25.1. The van der Waals surface area contributed by atoms with Crippen molar-refractivity contribution in [3.05, 3.63) is 42.5 Å². The molecular formula is C32H54NO8P. The van der Waals surface area contributed by atoms with Gasteiger partial charge in [-0.15, -0.1) is 0 Å². The SMILES string of the molecule is C.C.CN(c1ccc2c(c1)OCCOCCOc1ccccc1OCCOCCO2)P(=O)(OCC(C)(C)C)C(C)(C)C. The monoisotopic (exact) mass is 611 g/mol. The average molecular weight is 612 g/mol. The van der Waals surface area contributed by atoms with Gasteiger partial charge < -0.3 is 37.6 Å². The molecule has 42 heavy (non-hydrogen) atoms. The summed E-state index contributed by atoms with van der Waals surface area (Å²) in [6.45, 7) is 15.3. The van der Waals surface area contributed by atoms with Gasteiger partial charge in [-0.05, 0) is 50.5 Å². The summed E-state index contributed by atoms with van der Waals surface area (Å²) < 4.78 is 57.4. The van der Waals surface area contributed by atoms with Gasteiger partial charge in [-0.3, -0.25) is 4.57 Å². The zero-order valence-corrected chi connectivity index (χ0v) is 26.0. The largest absolute Gasteiger partial charge is 0.487 e. The minimum atomic E-state index is -3.28. The number of benzene rings is 2. The first-order valence-corrected chi connectivity index (χ1v) is 15.4. The molecule has 0 amide bonds. The Kier molecular flexibility index (Phi) is 15.2. The molecule has 0 aliphatic carbocycles. The predicted molar refractivity (Wildman–Crippen MR) is 171 cm³/mol. The van der Waals surface area contributed by atoms with Crippen molar-refractivity contribution in [1.82, 2.24) is 0 Å². The summed E-state index contributed by atoms with van der Waals surface area (Å²) in [5, 5.41) is -0.608. The Morgan fingerprint density at radius 1 is 0.690 bits per heavy atom. The lowest BCUT2D eigenvalue weighted by molar-refractivity contribution is 0.0640. The van der Waals surface area contributed by atoms with Gasteiger partial charge in [0, 0.05) is 18.8 Å². The highest BCUT2D eigenvalue weighted by Crippen LogP contribution is 2.62. The van der Waals surface area contributed by atoms with Crippen molar-refractivity contribution in [1.29, 1.82) is 0 Å². The quantitative estimate of drug-likeness (QED) is 0.323. The van der Waals surface area contributed by atoms with Crippen LogP contribution in [0.1, 0.15) is 56.4 Å². The van der Waals surface area contributed by atoms with Gasteiger partial charge in [-0.2, -0.15) is 0 Å². The Labute approximate surface area is 254 Å². The third-order valence-electron chi connectivity index (χ3n) is 6.01. The number of fused-ring (bicyclic) bond motifs is 2. The molecule has 1 aliphatic heterocycles. The molecule has 0 saturated heterocycles. The van der Waals surface area contributed by atoms with E-state index in [9.17, 15) is 4.57 Å². The lowest BCUT2D eigenvalue weighted by Crippen LogP contribution is -2.31. The van der Waals surface area contributed by atoms with E-state index in [4.69, 9.17) is 32.9 Å². The van der Waals surface area contributed by atoms with Crippen molar-refractivity contribution < 1.29 is 37.5 Å². The van der Waals surface area contributed by atoms with Crippen molar-refractivity contribution in [2.24, 2.45) is 5.41 Å². The summed E-state index contributed by atoms with van der Waals surface area (Å²) in [5.74, 6) is 2.42. The fourth-order valence-corrected chi connectivity index (χ4v) is 6.28. The Morgan fingerprint density at radius 3 is 1.55 bits per heavy atom. The Hall–Kier alpha value is -2.45. The molecule has 240 valence electrons. The fraction of sp³-hybridized carbons (Fsp3) is 0.625. The first-order chi connectivity index (χ1) is 18.9. The summed E-state index contributed by atoms with van der Waals surface area (Å²) >= 11 is 0. The van der Waals surface area contributed by atoms with Crippen LogP contribution in [0.25, 0.3) is 0 Å². The van der Waals surface area contributed by atoms with E-state index in [0.29, 0.717) is 88.1 Å². The van der Waals surface area contributed by atoms with E-state index in [1.54, 1.807) is 11.7 Å². The zero-order chi connectivity index (χ0) is 29.2. The number of anilines is 1. The van der Waals surface area contributed by atoms with Crippen molar-refractivity contribution in [3.63, 3.8) is 0 Å². The minimum absolute atomic E-state index is 0. The van der Waals surface area contributed by atoms with Gasteiger partial charge in [0.25, 0.3) is 0 Å². The van der Waals surface area contributed by atoms with Crippen LogP contribution < -0.4 is 23.6 Å². The first-order valence-electron chi connectivity index (χ1n) is 13.8. The van der Waals surface area contributed by atoms with Crippen molar-refractivity contribution in [2.75, 3.05) is 71.2 Å². The molecule has 2 aromatic rings. The summed E-state index contributed by atoms with van der Waals surface area (Å²) in [4.78, 5) is 0. The number of rotatable bonds is 4. The van der Waals surface area contributed by atoms with Gasteiger partial charge >= 0.3 is 7.52 Å². The lowest BCUT2D eigenvalue weighted by Gasteiger charge is -2.39. The van der Waals surface area contributed by atoms with Crippen LogP contribution in [0.5, 0.6) is 23.0 Å². The van der Waals surface area contributed by atoms with E-state index in [-0.39, 0.29) is 20.3 Å². The number of hydrogen-bond donors (Lipinski definition) is 0. The summed E-state index contributed by atoms with van der Waals surface area (Å²) in [6, 6.07) is 13.1. The smallest absolute Gasteiger partial charge is 0.301 e. The second-order valence-electron chi connectivity index (χ2n) is 11.7. The fourth-order valence-electron chi connectivity index (χ4n) is 3.83. The molecule has 0 bridgehead atoms. The molecule has 0 radical (unpaired) electrons. The van der Waals surface area contributed by atoms with Crippen molar-refractivity contribution >= 4 is 13.2 Å². The van der Waals surface area contributed by atoms with E-state index >= 15 is 0 Å². The molecular weight excluding hydrogens is 557 g/mol. The van der Waals surface area contributed by atoms with E-state index in [2.05, 4.69) is 20.8 Å². The number of para-hydroxylation sites is 2. The molecule has 1 unspecified atom stereocenters. The third kappa shape index (κ3) is 11.0. The molecule has 9 nitrogen and oxygen atoms in total. The van der Waals surface area contributed by atoms with Gasteiger partial charge in [-0.1, -0.05) is 47.8 Å². The van der Waals surface area contributed by atoms with E-state index in [1.807, 2.05) is 63.2 Å². The van der Waals surface area contributed by atoms with Crippen LogP contribution in [0.4, 0.5) is 5.69 Å². The van der Waals surface area contributed by atoms with Crippen molar-refractivity contribution in [3.8, 4) is 23.0 Å². The second kappa shape index (κ2) is 17.0. The van der Waals surface area contributed by atoms with Crippen LogP contribution in [0.2, 0.25) is 0 Å². The van der Waals surface area contributed by atoms with Gasteiger partial charge in [0.05, 0.1) is 38.2 Å². The van der Waals surface area contributed by atoms with E-state index in [1.165, 1.54) is 0 Å². The molecule has 1 heterocycles. The van der Waals surface area contributed by atoms with Crippen LogP contribution in [0, 0.1) is 5.41 Å². The number of hydrogen-bond acceptors (Lipinski definition) is 8. The maximum atomic E-state index is 14.3. The Bertz CT molecular complexity index is 1110. The Morgan fingerprint density at radius 2 is 1.12 bits per heavy atom. The summed E-state index contributed by atoms with van der Waals surface area (Å²) in [7, 11) is -1.48.